The number of aromatic nitrogens is 2. The minimum absolute atomic E-state index is 0.116. The number of para-hydroxylation sites is 2. The van der Waals surface area contributed by atoms with Gasteiger partial charge in [0.25, 0.3) is 0 Å². The minimum atomic E-state index is 0.116. The van der Waals surface area contributed by atoms with Crippen LogP contribution in [-0.4, -0.2) is 33.5 Å². The number of imidazole rings is 1. The van der Waals surface area contributed by atoms with E-state index in [1.165, 1.54) is 16.7 Å². The lowest BCUT2D eigenvalue weighted by atomic mass is 10.1. The molecule has 1 unspecified atom stereocenters. The lowest BCUT2D eigenvalue weighted by Gasteiger charge is -2.17. The number of nitrogens with zero attached hydrogens (tertiary/aromatic N) is 3. The van der Waals surface area contributed by atoms with Gasteiger partial charge < -0.3 is 14.2 Å². The van der Waals surface area contributed by atoms with Crippen molar-refractivity contribution in [3.05, 3.63) is 95.3 Å². The molecule has 5 nitrogen and oxygen atoms in total. The van der Waals surface area contributed by atoms with Crippen LogP contribution in [0.2, 0.25) is 0 Å². The third kappa shape index (κ3) is 5.24. The van der Waals surface area contributed by atoms with Crippen LogP contribution >= 0.6 is 0 Å². The average Bonchev–Trinajstić information content (AvgIpc) is 3.42. The largest absolute Gasteiger partial charge is 0.494 e. The molecule has 1 amide bonds. The molecule has 1 aliphatic heterocycles. The Labute approximate surface area is 207 Å². The molecule has 35 heavy (non-hydrogen) atoms. The van der Waals surface area contributed by atoms with E-state index in [-0.39, 0.29) is 11.8 Å². The number of rotatable bonds is 9. The van der Waals surface area contributed by atoms with E-state index in [9.17, 15) is 4.79 Å². The number of benzene rings is 3. The summed E-state index contributed by atoms with van der Waals surface area (Å²) in [6.07, 6.45) is 2.47. The van der Waals surface area contributed by atoms with E-state index in [1.54, 1.807) is 0 Å². The van der Waals surface area contributed by atoms with Crippen molar-refractivity contribution >= 4 is 16.9 Å². The molecule has 0 saturated carbocycles. The summed E-state index contributed by atoms with van der Waals surface area (Å²) in [7, 11) is 0. The van der Waals surface area contributed by atoms with E-state index in [0.717, 1.165) is 42.0 Å². The quantitative estimate of drug-likeness (QED) is 0.283. The van der Waals surface area contributed by atoms with E-state index in [0.29, 0.717) is 26.1 Å². The molecule has 5 rings (SSSR count). The summed E-state index contributed by atoms with van der Waals surface area (Å²) in [5, 5.41) is 0. The second kappa shape index (κ2) is 10.3. The highest BCUT2D eigenvalue weighted by atomic mass is 16.5. The lowest BCUT2D eigenvalue weighted by Crippen LogP contribution is -2.24. The summed E-state index contributed by atoms with van der Waals surface area (Å²) >= 11 is 0. The summed E-state index contributed by atoms with van der Waals surface area (Å²) in [6.45, 7) is 7.17. The molecule has 3 aromatic carbocycles. The van der Waals surface area contributed by atoms with Crippen LogP contribution in [0.25, 0.3) is 11.0 Å². The molecule has 0 aliphatic carbocycles. The van der Waals surface area contributed by atoms with Gasteiger partial charge in [0.15, 0.2) is 0 Å². The Bertz CT molecular complexity index is 1310. The van der Waals surface area contributed by atoms with E-state index < -0.39 is 0 Å². The van der Waals surface area contributed by atoms with E-state index in [1.807, 2.05) is 35.2 Å². The molecular formula is C30H33N3O2. The van der Waals surface area contributed by atoms with Crippen molar-refractivity contribution in [2.75, 3.05) is 13.2 Å². The maximum absolute atomic E-state index is 12.8. The van der Waals surface area contributed by atoms with Crippen LogP contribution in [0.3, 0.4) is 0 Å². The number of carbonyl (C=O) groups excluding carboxylic acids is 1. The number of hydrogen-bond donors (Lipinski definition) is 0. The van der Waals surface area contributed by atoms with Gasteiger partial charge in [0.2, 0.25) is 5.91 Å². The SMILES string of the molecule is Cc1ccc(OCCCCn2c(C3CC(=O)N(Cc4ccccc4)C3)nc3ccccc32)cc1C. The molecule has 0 bridgehead atoms. The van der Waals surface area contributed by atoms with Crippen molar-refractivity contribution in [2.24, 2.45) is 0 Å². The normalized spacial score (nSPS) is 15.8. The third-order valence-electron chi connectivity index (χ3n) is 7.00. The van der Waals surface area contributed by atoms with E-state index in [4.69, 9.17) is 9.72 Å². The minimum Gasteiger partial charge on any atom is -0.494 e. The number of unbranched alkanes of at least 4 members (excludes halogenated alkanes) is 1. The number of fused-ring (bicyclic) bond motifs is 1. The Morgan fingerprint density at radius 1 is 0.943 bits per heavy atom. The van der Waals surface area contributed by atoms with Crippen molar-refractivity contribution < 1.29 is 9.53 Å². The molecule has 1 aliphatic rings. The standard InChI is InChI=1S/C30H33N3O2/c1-22-14-15-26(18-23(22)2)35-17-9-8-16-33-28-13-7-6-12-27(28)31-30(33)25-19-29(34)32(21-25)20-24-10-4-3-5-11-24/h3-7,10-15,18,25H,8-9,16-17,19-21H2,1-2H3. The van der Waals surface area contributed by atoms with Gasteiger partial charge in [-0.1, -0.05) is 48.5 Å². The third-order valence-corrected chi connectivity index (χ3v) is 7.00. The Morgan fingerprint density at radius 2 is 1.74 bits per heavy atom. The predicted molar refractivity (Wildman–Crippen MR) is 140 cm³/mol. The Morgan fingerprint density at radius 3 is 2.57 bits per heavy atom. The fourth-order valence-corrected chi connectivity index (χ4v) is 4.91. The molecule has 1 atom stereocenters. The van der Waals surface area contributed by atoms with Gasteiger partial charge in [-0.15, -0.1) is 0 Å². The van der Waals surface area contributed by atoms with Crippen molar-refractivity contribution in [2.45, 2.75) is 52.1 Å². The van der Waals surface area contributed by atoms with Crippen molar-refractivity contribution in [3.63, 3.8) is 0 Å². The van der Waals surface area contributed by atoms with Gasteiger partial charge in [0.1, 0.15) is 11.6 Å². The van der Waals surface area contributed by atoms with Gasteiger partial charge in [-0.25, -0.2) is 4.98 Å². The molecule has 0 radical (unpaired) electrons. The summed E-state index contributed by atoms with van der Waals surface area (Å²) in [5.74, 6) is 2.29. The van der Waals surface area contributed by atoms with Crippen molar-refractivity contribution in [3.8, 4) is 5.75 Å². The molecule has 1 aromatic heterocycles. The zero-order valence-electron chi connectivity index (χ0n) is 20.6. The molecule has 5 heteroatoms. The molecule has 1 fully saturated rings. The highest BCUT2D eigenvalue weighted by molar-refractivity contribution is 5.81. The second-order valence-corrected chi connectivity index (χ2v) is 9.57. The maximum Gasteiger partial charge on any atom is 0.223 e. The average molecular weight is 468 g/mol. The number of hydrogen-bond acceptors (Lipinski definition) is 3. The van der Waals surface area contributed by atoms with Gasteiger partial charge in [-0.05, 0) is 67.6 Å². The van der Waals surface area contributed by atoms with Gasteiger partial charge in [0.05, 0.1) is 17.6 Å². The van der Waals surface area contributed by atoms with Crippen LogP contribution in [-0.2, 0) is 17.9 Å². The molecule has 0 N–H and O–H groups in total. The first-order valence-electron chi connectivity index (χ1n) is 12.6. The van der Waals surface area contributed by atoms with Crippen LogP contribution in [0.4, 0.5) is 0 Å². The molecule has 2 heterocycles. The summed E-state index contributed by atoms with van der Waals surface area (Å²) < 4.78 is 8.32. The zero-order valence-corrected chi connectivity index (χ0v) is 20.6. The fraction of sp³-hybridized carbons (Fsp3) is 0.333. The lowest BCUT2D eigenvalue weighted by molar-refractivity contribution is -0.128. The highest BCUT2D eigenvalue weighted by Crippen LogP contribution is 2.31. The van der Waals surface area contributed by atoms with Crippen LogP contribution in [0, 0.1) is 13.8 Å². The van der Waals surface area contributed by atoms with Crippen LogP contribution in [0.5, 0.6) is 5.75 Å². The van der Waals surface area contributed by atoms with Crippen molar-refractivity contribution in [1.82, 2.24) is 14.5 Å². The van der Waals surface area contributed by atoms with Crippen LogP contribution in [0.15, 0.2) is 72.8 Å². The smallest absolute Gasteiger partial charge is 0.223 e. The fourth-order valence-electron chi connectivity index (χ4n) is 4.91. The first-order chi connectivity index (χ1) is 17.1. The number of aryl methyl sites for hydroxylation is 3. The zero-order chi connectivity index (χ0) is 24.2. The molecular weight excluding hydrogens is 434 g/mol. The van der Waals surface area contributed by atoms with Crippen LogP contribution < -0.4 is 4.74 Å². The van der Waals surface area contributed by atoms with Gasteiger partial charge >= 0.3 is 0 Å². The summed E-state index contributed by atoms with van der Waals surface area (Å²) in [5.41, 5.74) is 5.85. The molecule has 1 saturated heterocycles. The number of carbonyl (C=O) groups is 1. The highest BCUT2D eigenvalue weighted by Gasteiger charge is 2.33. The Balaban J connectivity index is 1.25. The second-order valence-electron chi connectivity index (χ2n) is 9.57. The number of amides is 1. The molecule has 4 aromatic rings. The maximum atomic E-state index is 12.8. The molecule has 180 valence electrons. The first-order valence-corrected chi connectivity index (χ1v) is 12.6. The Kier molecular flexibility index (Phi) is 6.84. The van der Waals surface area contributed by atoms with Gasteiger partial charge in [-0.3, -0.25) is 4.79 Å². The van der Waals surface area contributed by atoms with Crippen LogP contribution in [0.1, 0.15) is 47.7 Å². The van der Waals surface area contributed by atoms with E-state index >= 15 is 0 Å². The van der Waals surface area contributed by atoms with E-state index in [2.05, 4.69) is 60.9 Å². The van der Waals surface area contributed by atoms with Gasteiger partial charge in [-0.2, -0.15) is 0 Å². The first kappa shape index (κ1) is 23.2. The predicted octanol–water partition coefficient (Wildman–Crippen LogP) is 6.03. The number of likely N-dealkylation sites (tertiary alicyclic amines) is 1. The Hall–Kier alpha value is -3.60. The topological polar surface area (TPSA) is 47.4 Å². The molecule has 0 spiro atoms. The number of ether oxygens (including phenoxy) is 1. The summed E-state index contributed by atoms with van der Waals surface area (Å²) in [6, 6.07) is 24.8. The van der Waals surface area contributed by atoms with Crippen molar-refractivity contribution in [1.29, 1.82) is 0 Å². The van der Waals surface area contributed by atoms with Gasteiger partial charge in [0, 0.05) is 32.0 Å². The summed E-state index contributed by atoms with van der Waals surface area (Å²) in [4.78, 5) is 19.8. The monoisotopic (exact) mass is 467 g/mol.